The Morgan fingerprint density at radius 1 is 1.48 bits per heavy atom. The Kier molecular flexibility index (Phi) is 4.23. The smallest absolute Gasteiger partial charge is 0.255 e. The van der Waals surface area contributed by atoms with E-state index in [0.717, 1.165) is 6.42 Å². The van der Waals surface area contributed by atoms with E-state index in [1.807, 2.05) is 6.92 Å². The van der Waals surface area contributed by atoms with E-state index in [4.69, 9.17) is 16.7 Å². The van der Waals surface area contributed by atoms with Crippen LogP contribution < -0.4 is 5.14 Å². The van der Waals surface area contributed by atoms with Gasteiger partial charge in [-0.2, -0.15) is 0 Å². The Morgan fingerprint density at radius 3 is 2.57 bits per heavy atom. The first-order valence-corrected chi connectivity index (χ1v) is 8.05. The zero-order valence-electron chi connectivity index (χ0n) is 11.1. The van der Waals surface area contributed by atoms with E-state index in [1.54, 1.807) is 0 Å². The molecule has 0 radical (unpaired) electrons. The minimum Gasteiger partial charge on any atom is -0.338 e. The van der Waals surface area contributed by atoms with Crippen molar-refractivity contribution >= 4 is 27.5 Å². The van der Waals surface area contributed by atoms with E-state index in [2.05, 4.69) is 0 Å². The molecule has 1 aliphatic heterocycles. The van der Waals surface area contributed by atoms with E-state index in [9.17, 15) is 22.0 Å². The van der Waals surface area contributed by atoms with Crippen LogP contribution in [0.2, 0.25) is 5.02 Å². The van der Waals surface area contributed by atoms with Crippen molar-refractivity contribution in [2.45, 2.75) is 18.2 Å². The summed E-state index contributed by atoms with van der Waals surface area (Å²) >= 11 is 5.77. The molecule has 1 aromatic rings. The van der Waals surface area contributed by atoms with Crippen molar-refractivity contribution in [3.05, 3.63) is 28.3 Å². The van der Waals surface area contributed by atoms with Gasteiger partial charge in [0.05, 0.1) is 10.6 Å². The maximum atomic E-state index is 13.6. The van der Waals surface area contributed by atoms with Crippen LogP contribution in [0.3, 0.4) is 0 Å². The quantitative estimate of drug-likeness (QED) is 0.834. The van der Waals surface area contributed by atoms with Crippen LogP contribution >= 0.6 is 11.6 Å². The number of hydrogen-bond acceptors (Lipinski definition) is 3. The molecule has 0 spiro atoms. The number of nitrogens with two attached hydrogens (primary N) is 1. The van der Waals surface area contributed by atoms with Gasteiger partial charge in [0, 0.05) is 13.1 Å². The van der Waals surface area contributed by atoms with Crippen LogP contribution in [0.15, 0.2) is 11.0 Å². The molecular weight excluding hydrogens is 326 g/mol. The van der Waals surface area contributed by atoms with Crippen molar-refractivity contribution in [2.24, 2.45) is 11.1 Å². The number of sulfonamides is 1. The normalized spacial score (nSPS) is 19.1. The average molecular weight is 339 g/mol. The number of primary sulfonamides is 1. The Labute approximate surface area is 125 Å². The molecule has 1 fully saturated rings. The molecule has 0 aliphatic carbocycles. The fourth-order valence-corrected chi connectivity index (χ4v) is 3.52. The molecule has 1 heterocycles. The summed E-state index contributed by atoms with van der Waals surface area (Å²) in [4.78, 5) is 12.5. The van der Waals surface area contributed by atoms with Crippen LogP contribution in [0.4, 0.5) is 8.78 Å². The van der Waals surface area contributed by atoms with Crippen LogP contribution in [0.5, 0.6) is 0 Å². The number of hydrogen-bond donors (Lipinski definition) is 1. The van der Waals surface area contributed by atoms with Gasteiger partial charge in [-0.15, -0.1) is 0 Å². The first kappa shape index (κ1) is 16.1. The molecule has 1 atom stereocenters. The molecule has 0 saturated carbocycles. The van der Waals surface area contributed by atoms with Crippen LogP contribution in [0.25, 0.3) is 0 Å². The van der Waals surface area contributed by atoms with Crippen molar-refractivity contribution in [2.75, 3.05) is 13.1 Å². The number of amides is 1. The lowest BCUT2D eigenvalue weighted by Crippen LogP contribution is -2.29. The number of nitrogens with zero attached hydrogens (tertiary/aromatic N) is 1. The van der Waals surface area contributed by atoms with Crippen molar-refractivity contribution in [1.82, 2.24) is 4.90 Å². The third-order valence-corrected chi connectivity index (χ3v) is 4.80. The molecule has 116 valence electrons. The van der Waals surface area contributed by atoms with Gasteiger partial charge in [0.2, 0.25) is 10.0 Å². The number of rotatable bonds is 2. The Bertz CT molecular complexity index is 709. The van der Waals surface area contributed by atoms with Crippen molar-refractivity contribution in [3.8, 4) is 0 Å². The second kappa shape index (κ2) is 5.51. The molecule has 1 saturated heterocycles. The second-order valence-corrected chi connectivity index (χ2v) is 6.93. The van der Waals surface area contributed by atoms with Gasteiger partial charge in [-0.3, -0.25) is 4.79 Å². The van der Waals surface area contributed by atoms with E-state index < -0.39 is 43.0 Å². The molecule has 0 bridgehead atoms. The zero-order chi connectivity index (χ0) is 15.9. The van der Waals surface area contributed by atoms with Gasteiger partial charge < -0.3 is 4.90 Å². The van der Waals surface area contributed by atoms with Gasteiger partial charge in [0.25, 0.3) is 5.91 Å². The highest BCUT2D eigenvalue weighted by Gasteiger charge is 2.31. The Balaban J connectivity index is 2.56. The monoisotopic (exact) mass is 338 g/mol. The SMILES string of the molecule is CC1CCN(C(=O)c2cc(F)c(F)c(S(N)(=O)=O)c2Cl)C1. The topological polar surface area (TPSA) is 80.5 Å². The molecule has 0 aromatic heterocycles. The predicted octanol–water partition coefficient (Wildman–Crippen LogP) is 1.75. The fraction of sp³-hybridized carbons (Fsp3) is 0.417. The van der Waals surface area contributed by atoms with Gasteiger partial charge >= 0.3 is 0 Å². The summed E-state index contributed by atoms with van der Waals surface area (Å²) in [5, 5.41) is 4.13. The van der Waals surface area contributed by atoms with Gasteiger partial charge in [0.15, 0.2) is 11.6 Å². The highest BCUT2D eigenvalue weighted by Crippen LogP contribution is 2.31. The molecular formula is C12H13ClF2N2O3S. The number of carbonyl (C=O) groups is 1. The highest BCUT2D eigenvalue weighted by molar-refractivity contribution is 7.89. The third-order valence-electron chi connectivity index (χ3n) is 3.34. The second-order valence-electron chi connectivity index (χ2n) is 5.05. The largest absolute Gasteiger partial charge is 0.338 e. The molecule has 2 N–H and O–H groups in total. The molecule has 1 amide bonds. The molecule has 21 heavy (non-hydrogen) atoms. The van der Waals surface area contributed by atoms with E-state index in [0.29, 0.717) is 19.2 Å². The summed E-state index contributed by atoms with van der Waals surface area (Å²) < 4.78 is 49.8. The molecule has 1 aromatic carbocycles. The van der Waals surface area contributed by atoms with E-state index in [-0.39, 0.29) is 5.92 Å². The number of carbonyl (C=O) groups excluding carboxylic acids is 1. The van der Waals surface area contributed by atoms with Crippen molar-refractivity contribution < 1.29 is 22.0 Å². The van der Waals surface area contributed by atoms with Crippen LogP contribution in [-0.4, -0.2) is 32.3 Å². The van der Waals surface area contributed by atoms with Crippen molar-refractivity contribution in [1.29, 1.82) is 0 Å². The lowest BCUT2D eigenvalue weighted by molar-refractivity contribution is 0.0787. The first-order chi connectivity index (χ1) is 9.62. The Hall–Kier alpha value is -1.25. The van der Waals surface area contributed by atoms with Gasteiger partial charge in [-0.05, 0) is 18.4 Å². The summed E-state index contributed by atoms with van der Waals surface area (Å²) in [6.45, 7) is 2.83. The summed E-state index contributed by atoms with van der Waals surface area (Å²) in [5.41, 5.74) is -0.409. The predicted molar refractivity (Wildman–Crippen MR) is 72.4 cm³/mol. The van der Waals surface area contributed by atoms with E-state index in [1.165, 1.54) is 4.90 Å². The van der Waals surface area contributed by atoms with Gasteiger partial charge in [0.1, 0.15) is 4.90 Å². The van der Waals surface area contributed by atoms with Crippen molar-refractivity contribution in [3.63, 3.8) is 0 Å². The van der Waals surface area contributed by atoms with Crippen LogP contribution in [0, 0.1) is 17.6 Å². The van der Waals surface area contributed by atoms with Gasteiger partial charge in [-0.25, -0.2) is 22.3 Å². The van der Waals surface area contributed by atoms with Gasteiger partial charge in [-0.1, -0.05) is 18.5 Å². The molecule has 1 unspecified atom stereocenters. The zero-order valence-corrected chi connectivity index (χ0v) is 12.6. The van der Waals surface area contributed by atoms with Crippen LogP contribution in [0.1, 0.15) is 23.7 Å². The maximum Gasteiger partial charge on any atom is 0.255 e. The number of benzene rings is 1. The fourth-order valence-electron chi connectivity index (χ4n) is 2.28. The molecule has 2 rings (SSSR count). The first-order valence-electron chi connectivity index (χ1n) is 6.12. The Morgan fingerprint density at radius 2 is 2.10 bits per heavy atom. The lowest BCUT2D eigenvalue weighted by atomic mass is 10.1. The minimum absolute atomic E-state index is 0.274. The molecule has 1 aliphatic rings. The third kappa shape index (κ3) is 3.02. The minimum atomic E-state index is -4.59. The summed E-state index contributed by atoms with van der Waals surface area (Å²) in [6, 6.07) is 0.595. The highest BCUT2D eigenvalue weighted by atomic mass is 35.5. The molecule has 9 heteroatoms. The average Bonchev–Trinajstić information content (AvgIpc) is 2.78. The standard InChI is InChI=1S/C12H13ClF2N2O3S/c1-6-2-3-17(5-6)12(18)7-4-8(14)10(15)11(9(7)13)21(16,19)20/h4,6H,2-3,5H2,1H3,(H2,16,19,20). The maximum absolute atomic E-state index is 13.6. The summed E-state index contributed by atoms with van der Waals surface area (Å²) in [7, 11) is -4.59. The molecule has 5 nitrogen and oxygen atoms in total. The number of likely N-dealkylation sites (tertiary alicyclic amines) is 1. The van der Waals surface area contributed by atoms with Crippen LogP contribution in [-0.2, 0) is 10.0 Å². The van der Waals surface area contributed by atoms with E-state index >= 15 is 0 Å². The summed E-state index contributed by atoms with van der Waals surface area (Å²) in [6.07, 6.45) is 0.773. The lowest BCUT2D eigenvalue weighted by Gasteiger charge is -2.18. The summed E-state index contributed by atoms with van der Waals surface area (Å²) in [5.74, 6) is -3.54. The number of halogens is 3.